The minimum Gasteiger partial charge on any atom is -0.480 e. The van der Waals surface area contributed by atoms with E-state index in [2.05, 4.69) is 53.5 Å². The number of aromatic amines is 2. The van der Waals surface area contributed by atoms with E-state index in [0.29, 0.717) is 11.4 Å². The van der Waals surface area contributed by atoms with E-state index < -0.39 is 47.9 Å². The number of carboxylic acid groups (broad SMARTS) is 1. The molecule has 2 aromatic heterocycles. The van der Waals surface area contributed by atoms with Gasteiger partial charge in [0, 0.05) is 48.9 Å². The van der Waals surface area contributed by atoms with Crippen LogP contribution in [-0.4, -0.2) is 91.2 Å². The van der Waals surface area contributed by atoms with Gasteiger partial charge in [-0.2, -0.15) is 12.6 Å². The Labute approximate surface area is 223 Å². The molecule has 2 heterocycles. The fraction of sp³-hybridized carbons (Fsp3) is 0.476. The molecule has 38 heavy (non-hydrogen) atoms. The van der Waals surface area contributed by atoms with Crippen LogP contribution in [0.15, 0.2) is 30.0 Å². The van der Waals surface area contributed by atoms with Crippen LogP contribution in [0.4, 0.5) is 0 Å². The second-order valence-electron chi connectivity index (χ2n) is 8.32. The quantitative estimate of drug-likeness (QED) is 0.0431. The molecule has 0 aliphatic carbocycles. The number of nitrogens with zero attached hydrogens (tertiary/aromatic N) is 3. The molecule has 0 saturated carbocycles. The number of aliphatic imine (C=N–C) groups is 1. The number of nitrogens with one attached hydrogen (secondary N) is 5. The summed E-state index contributed by atoms with van der Waals surface area (Å²) in [5, 5.41) is 17.2. The topological polar surface area (TPSA) is 272 Å². The number of hydrogen-bond acceptors (Lipinski definition) is 9. The van der Waals surface area contributed by atoms with Crippen LogP contribution >= 0.6 is 12.6 Å². The zero-order chi connectivity index (χ0) is 28.1. The number of carboxylic acids is 1. The molecule has 0 aromatic carbocycles. The van der Waals surface area contributed by atoms with Crippen LogP contribution in [0.1, 0.15) is 24.2 Å². The van der Waals surface area contributed by atoms with E-state index in [0.717, 1.165) is 0 Å². The Morgan fingerprint density at radius 1 is 0.921 bits per heavy atom. The largest absolute Gasteiger partial charge is 0.480 e. The second-order valence-corrected chi connectivity index (χ2v) is 8.69. The van der Waals surface area contributed by atoms with Gasteiger partial charge < -0.3 is 48.2 Å². The monoisotopic (exact) mass is 551 g/mol. The van der Waals surface area contributed by atoms with Crippen molar-refractivity contribution in [1.82, 2.24) is 35.9 Å². The van der Waals surface area contributed by atoms with Crippen molar-refractivity contribution in [2.45, 2.75) is 49.9 Å². The molecule has 16 nitrogen and oxygen atoms in total. The number of aromatic nitrogens is 4. The van der Waals surface area contributed by atoms with E-state index in [-0.39, 0.29) is 43.9 Å². The number of hydrogen-bond donors (Lipinski definition) is 10. The molecular weight excluding hydrogens is 518 g/mol. The normalized spacial score (nSPS) is 13.9. The molecule has 0 radical (unpaired) electrons. The van der Waals surface area contributed by atoms with Crippen molar-refractivity contribution in [1.29, 1.82) is 0 Å². The third-order valence-corrected chi connectivity index (χ3v) is 5.71. The second kappa shape index (κ2) is 15.2. The summed E-state index contributed by atoms with van der Waals surface area (Å²) >= 11 is 4.00. The zero-order valence-electron chi connectivity index (χ0n) is 20.5. The van der Waals surface area contributed by atoms with Crippen LogP contribution < -0.4 is 33.2 Å². The summed E-state index contributed by atoms with van der Waals surface area (Å²) in [5.74, 6) is -3.41. The van der Waals surface area contributed by atoms with Crippen LogP contribution in [0, 0.1) is 0 Å². The maximum atomic E-state index is 13.3. The Morgan fingerprint density at radius 2 is 1.45 bits per heavy atom. The molecule has 208 valence electrons. The predicted molar refractivity (Wildman–Crippen MR) is 140 cm³/mol. The van der Waals surface area contributed by atoms with Crippen molar-refractivity contribution in [3.05, 3.63) is 36.4 Å². The predicted octanol–water partition coefficient (Wildman–Crippen LogP) is -3.23. The van der Waals surface area contributed by atoms with E-state index in [4.69, 9.17) is 17.2 Å². The van der Waals surface area contributed by atoms with Gasteiger partial charge in [0.15, 0.2) is 5.96 Å². The highest BCUT2D eigenvalue weighted by molar-refractivity contribution is 7.80. The molecule has 4 atom stereocenters. The van der Waals surface area contributed by atoms with Crippen LogP contribution in [-0.2, 0) is 32.0 Å². The highest BCUT2D eigenvalue weighted by Crippen LogP contribution is 2.06. The number of aliphatic carboxylic acids is 1. The van der Waals surface area contributed by atoms with Gasteiger partial charge in [-0.1, -0.05) is 0 Å². The number of guanidine groups is 1. The van der Waals surface area contributed by atoms with Crippen molar-refractivity contribution in [3.63, 3.8) is 0 Å². The van der Waals surface area contributed by atoms with Crippen LogP contribution in [0.5, 0.6) is 0 Å². The zero-order valence-corrected chi connectivity index (χ0v) is 21.4. The van der Waals surface area contributed by atoms with E-state index in [1.807, 2.05) is 0 Å². The first-order chi connectivity index (χ1) is 18.1. The third kappa shape index (κ3) is 10.1. The third-order valence-electron chi connectivity index (χ3n) is 5.32. The lowest BCUT2D eigenvalue weighted by Crippen LogP contribution is -2.58. The maximum Gasteiger partial charge on any atom is 0.326 e. The average molecular weight is 552 g/mol. The number of nitrogens with two attached hydrogens (primary N) is 3. The summed E-state index contributed by atoms with van der Waals surface area (Å²) in [6, 6.07) is -4.55. The molecule has 3 amide bonds. The van der Waals surface area contributed by atoms with E-state index >= 15 is 0 Å². The number of amides is 3. The van der Waals surface area contributed by atoms with Gasteiger partial charge >= 0.3 is 5.97 Å². The summed E-state index contributed by atoms with van der Waals surface area (Å²) in [7, 11) is 0. The fourth-order valence-electron chi connectivity index (χ4n) is 3.32. The first kappa shape index (κ1) is 30.1. The summed E-state index contributed by atoms with van der Waals surface area (Å²) in [4.78, 5) is 67.8. The van der Waals surface area contributed by atoms with Crippen LogP contribution in [0.25, 0.3) is 0 Å². The molecule has 0 aliphatic rings. The Kier molecular flexibility index (Phi) is 12.0. The lowest BCUT2D eigenvalue weighted by Gasteiger charge is -2.25. The standard InChI is InChI=1S/C21H33N11O5S/c22-13(8-38)17(33)31-15(4-11-6-25-9-28-11)19(35)30-14(2-1-3-27-21(23)24)18(34)32-16(20(36)37)5-12-7-26-10-29-12/h6-7,9-10,13-16,38H,1-5,8,22H2,(H,25,28)(H,26,29)(H,30,35)(H,31,33)(H,32,34)(H,36,37)(H4,23,24,27). The number of carbonyl (C=O) groups is 4. The molecule has 0 aliphatic heterocycles. The minimum absolute atomic E-state index is 0.0246. The summed E-state index contributed by atoms with van der Waals surface area (Å²) in [6.45, 7) is 0.170. The molecule has 0 spiro atoms. The van der Waals surface area contributed by atoms with Gasteiger partial charge in [-0.3, -0.25) is 19.4 Å². The lowest BCUT2D eigenvalue weighted by atomic mass is 10.1. The molecule has 4 unspecified atom stereocenters. The lowest BCUT2D eigenvalue weighted by molar-refractivity contribution is -0.142. The van der Waals surface area contributed by atoms with Gasteiger partial charge in [0.2, 0.25) is 17.7 Å². The average Bonchev–Trinajstić information content (AvgIpc) is 3.58. The number of carbonyl (C=O) groups excluding carboxylic acids is 3. The molecule has 17 heteroatoms. The Morgan fingerprint density at radius 3 is 1.95 bits per heavy atom. The minimum atomic E-state index is -1.30. The van der Waals surface area contributed by atoms with E-state index in [1.54, 1.807) is 0 Å². The fourth-order valence-corrected chi connectivity index (χ4v) is 3.49. The van der Waals surface area contributed by atoms with Crippen molar-refractivity contribution < 1.29 is 24.3 Å². The molecule has 0 fully saturated rings. The maximum absolute atomic E-state index is 13.3. The van der Waals surface area contributed by atoms with Crippen LogP contribution in [0.3, 0.4) is 0 Å². The highest BCUT2D eigenvalue weighted by Gasteiger charge is 2.30. The van der Waals surface area contributed by atoms with Crippen molar-refractivity contribution >= 4 is 42.3 Å². The summed E-state index contributed by atoms with van der Waals surface area (Å²) < 4.78 is 0. The van der Waals surface area contributed by atoms with Gasteiger partial charge in [-0.25, -0.2) is 14.8 Å². The first-order valence-electron chi connectivity index (χ1n) is 11.6. The number of rotatable bonds is 16. The molecular formula is C21H33N11O5S. The first-order valence-corrected chi connectivity index (χ1v) is 12.2. The van der Waals surface area contributed by atoms with Crippen molar-refractivity contribution in [2.75, 3.05) is 12.3 Å². The smallest absolute Gasteiger partial charge is 0.326 e. The van der Waals surface area contributed by atoms with Gasteiger partial charge in [0.1, 0.15) is 18.1 Å². The number of thiol groups is 1. The summed E-state index contributed by atoms with van der Waals surface area (Å²) in [6.07, 6.45) is 6.05. The van der Waals surface area contributed by atoms with E-state index in [9.17, 15) is 24.3 Å². The molecule has 2 rings (SSSR count). The Balaban J connectivity index is 2.19. The van der Waals surface area contributed by atoms with Gasteiger partial charge in [-0.05, 0) is 12.8 Å². The van der Waals surface area contributed by atoms with Gasteiger partial charge in [0.05, 0.1) is 18.7 Å². The molecule has 12 N–H and O–H groups in total. The Hall–Kier alpha value is -4.12. The van der Waals surface area contributed by atoms with Crippen molar-refractivity contribution in [3.8, 4) is 0 Å². The molecule has 0 bridgehead atoms. The highest BCUT2D eigenvalue weighted by atomic mass is 32.1. The number of H-pyrrole nitrogens is 2. The van der Waals surface area contributed by atoms with Crippen molar-refractivity contribution in [2.24, 2.45) is 22.2 Å². The van der Waals surface area contributed by atoms with Gasteiger partial charge in [0.25, 0.3) is 0 Å². The SMILES string of the molecule is NC(N)=NCCCC(NC(=O)C(Cc1cnc[nH]1)NC(=O)C(N)CS)C(=O)NC(Cc1cnc[nH]1)C(=O)O. The molecule has 2 aromatic rings. The van der Waals surface area contributed by atoms with Crippen LogP contribution in [0.2, 0.25) is 0 Å². The summed E-state index contributed by atoms with van der Waals surface area (Å²) in [5.41, 5.74) is 17.5. The van der Waals surface area contributed by atoms with E-state index in [1.165, 1.54) is 25.0 Å². The number of imidazole rings is 2. The van der Waals surface area contributed by atoms with Gasteiger partial charge in [-0.15, -0.1) is 0 Å². The molecule has 0 saturated heterocycles. The Bertz CT molecular complexity index is 1070.